The van der Waals surface area contributed by atoms with E-state index in [9.17, 15) is 44.1 Å². The highest BCUT2D eigenvalue weighted by molar-refractivity contribution is 6.21. The summed E-state index contributed by atoms with van der Waals surface area (Å²) in [5, 5.41) is 38.3. The smallest absolute Gasteiger partial charge is 0.334 e. The van der Waals surface area contributed by atoms with Crippen LogP contribution in [0, 0.1) is 5.92 Å². The van der Waals surface area contributed by atoms with Gasteiger partial charge in [-0.05, 0) is 25.7 Å². The fourth-order valence-corrected chi connectivity index (χ4v) is 6.25. The molecule has 0 aliphatic carbocycles. The van der Waals surface area contributed by atoms with E-state index in [1.807, 2.05) is 26.0 Å². The van der Waals surface area contributed by atoms with Crippen LogP contribution in [0.25, 0.3) is 0 Å². The normalized spacial score (nSPS) is 34.3. The largest absolute Gasteiger partial charge is 0.454 e. The Kier molecular flexibility index (Phi) is 13.9. The number of hydrogen-bond acceptors (Lipinski definition) is 13. The van der Waals surface area contributed by atoms with Crippen LogP contribution in [0.2, 0.25) is 0 Å². The number of carbonyl (C=O) groups is 6. The number of aliphatic hydroxyl groups is 3. The lowest BCUT2D eigenvalue weighted by molar-refractivity contribution is -0.167. The topological polar surface area (TPSA) is 242 Å². The monoisotopic (exact) mass is 740 g/mol. The summed E-state index contributed by atoms with van der Waals surface area (Å²) >= 11 is 6.47. The Balaban J connectivity index is 1.76. The molecule has 284 valence electrons. The lowest BCUT2D eigenvalue weighted by Gasteiger charge is -2.44. The van der Waals surface area contributed by atoms with E-state index >= 15 is 0 Å². The number of alkyl halides is 1. The molecule has 4 rings (SSSR count). The Morgan fingerprint density at radius 2 is 1.49 bits per heavy atom. The number of esters is 1. The first-order valence-corrected chi connectivity index (χ1v) is 17.5. The van der Waals surface area contributed by atoms with Gasteiger partial charge in [0.15, 0.2) is 12.1 Å². The molecule has 0 radical (unpaired) electrons. The molecular formula is C32H49ClN8O10. The zero-order chi connectivity index (χ0) is 37.5. The minimum absolute atomic E-state index is 0.0357. The summed E-state index contributed by atoms with van der Waals surface area (Å²) < 4.78 is 5.18. The van der Waals surface area contributed by atoms with Crippen LogP contribution in [0.3, 0.4) is 0 Å². The quantitative estimate of drug-likeness (QED) is 0.0775. The predicted molar refractivity (Wildman–Crippen MR) is 180 cm³/mol. The van der Waals surface area contributed by atoms with Crippen LogP contribution in [-0.2, 0) is 33.5 Å². The number of allylic oxidation sites excluding steroid dienone is 3. The molecule has 0 spiro atoms. The highest BCUT2D eigenvalue weighted by Crippen LogP contribution is 2.23. The van der Waals surface area contributed by atoms with Crippen LogP contribution in [0.5, 0.6) is 0 Å². The number of hydrogen-bond donors (Lipinski definition) is 8. The van der Waals surface area contributed by atoms with Crippen molar-refractivity contribution in [1.29, 1.82) is 0 Å². The van der Waals surface area contributed by atoms with E-state index in [4.69, 9.17) is 16.3 Å². The van der Waals surface area contributed by atoms with Crippen molar-refractivity contribution in [2.45, 2.75) is 100 Å². The number of nitrogens with one attached hydrogen (secondary N) is 5. The zero-order valence-corrected chi connectivity index (χ0v) is 29.7. The van der Waals surface area contributed by atoms with E-state index in [-0.39, 0.29) is 45.3 Å². The van der Waals surface area contributed by atoms with Gasteiger partial charge < -0.3 is 30.7 Å². The van der Waals surface area contributed by atoms with Gasteiger partial charge in [0.05, 0.1) is 24.2 Å². The molecule has 19 heteroatoms. The molecule has 0 bridgehead atoms. The first-order chi connectivity index (χ1) is 24.2. The minimum atomic E-state index is -2.09. The van der Waals surface area contributed by atoms with Gasteiger partial charge in [0.25, 0.3) is 17.7 Å². The van der Waals surface area contributed by atoms with Gasteiger partial charge >= 0.3 is 5.97 Å². The Labute approximate surface area is 300 Å². The number of halogens is 1. The van der Waals surface area contributed by atoms with E-state index < -0.39 is 96.0 Å². The lowest BCUT2D eigenvalue weighted by atomic mass is 9.98. The Bertz CT molecular complexity index is 1390. The molecule has 0 saturated carbocycles. The van der Waals surface area contributed by atoms with Crippen LogP contribution < -0.4 is 26.9 Å². The van der Waals surface area contributed by atoms with Crippen molar-refractivity contribution in [2.24, 2.45) is 5.92 Å². The average molecular weight is 741 g/mol. The number of aliphatic hydroxyl groups excluding tert-OH is 3. The number of fused-ring (bicyclic) bond motifs is 3. The van der Waals surface area contributed by atoms with Crippen molar-refractivity contribution >= 4 is 47.1 Å². The van der Waals surface area contributed by atoms with Crippen LogP contribution in [0.4, 0.5) is 0 Å². The molecule has 4 aliphatic rings. The molecule has 51 heavy (non-hydrogen) atoms. The maximum Gasteiger partial charge on any atom is 0.334 e. The summed E-state index contributed by atoms with van der Waals surface area (Å²) in [4.78, 5) is 82.6. The van der Waals surface area contributed by atoms with Gasteiger partial charge in [-0.1, -0.05) is 44.6 Å². The summed E-state index contributed by atoms with van der Waals surface area (Å²) in [5.74, 6) is -5.00. The summed E-state index contributed by atoms with van der Waals surface area (Å²) in [5.41, 5.74) is 6.17. The lowest BCUT2D eigenvalue weighted by Crippen LogP contribution is -2.71. The molecule has 9 atom stereocenters. The second-order valence-electron chi connectivity index (χ2n) is 13.5. The molecule has 0 aromatic carbocycles. The molecule has 4 fully saturated rings. The second-order valence-corrected chi connectivity index (χ2v) is 14.1. The third-order valence-corrected chi connectivity index (χ3v) is 9.66. The predicted octanol–water partition coefficient (Wildman–Crippen LogP) is -2.91. The van der Waals surface area contributed by atoms with Crippen molar-refractivity contribution in [3.05, 3.63) is 24.3 Å². The van der Waals surface area contributed by atoms with E-state index in [0.29, 0.717) is 5.92 Å². The number of carbonyl (C=O) groups excluding carboxylic acids is 6. The van der Waals surface area contributed by atoms with Crippen molar-refractivity contribution in [3.8, 4) is 0 Å². The van der Waals surface area contributed by atoms with Crippen LogP contribution in [0.1, 0.15) is 52.9 Å². The third kappa shape index (κ3) is 9.82. The van der Waals surface area contributed by atoms with Gasteiger partial charge in [0.1, 0.15) is 24.2 Å². The van der Waals surface area contributed by atoms with E-state index in [0.717, 1.165) is 28.4 Å². The van der Waals surface area contributed by atoms with Gasteiger partial charge in [-0.2, -0.15) is 0 Å². The zero-order valence-electron chi connectivity index (χ0n) is 28.9. The maximum atomic E-state index is 14.3. The fraction of sp³-hybridized carbons (Fsp3) is 0.688. The number of β-amino-alcohol motifs (C(OH)–C–C–N with tert-alkyl or cyclic N) is 2. The summed E-state index contributed by atoms with van der Waals surface area (Å²) in [6, 6.07) is -5.36. The Morgan fingerprint density at radius 1 is 0.882 bits per heavy atom. The second kappa shape index (κ2) is 17.7. The van der Waals surface area contributed by atoms with E-state index in [1.54, 1.807) is 12.2 Å². The van der Waals surface area contributed by atoms with E-state index in [1.165, 1.54) is 0 Å². The van der Waals surface area contributed by atoms with Crippen LogP contribution in [0.15, 0.2) is 24.3 Å². The highest BCUT2D eigenvalue weighted by Gasteiger charge is 2.48. The number of hydrazine groups is 3. The number of ether oxygens (including phenoxy) is 1. The van der Waals surface area contributed by atoms with Gasteiger partial charge in [-0.25, -0.2) is 21.1 Å². The summed E-state index contributed by atoms with van der Waals surface area (Å²) in [7, 11) is 0. The standard InChI is InChI=1S/C32H49ClN8O10/c1-4-18(2)8-6-5-7-9-22-29(48)41-25(10-19(33)13-34-41)30(49)40-24(12-21(44)15-36-40)28(47)38-32(3,17-42)31(50)51-16-26(45)39-23(27(46)37-22)11-20(43)14-35-39/h5-8,18-25,34-36,42-44H,4,9-17H2,1-3H3,(H,37,46)(H,38,47)/b7-5+,8-6+/t18?,19-,20+,21-,22-,23+,24?,25+,32-/m0/s1. The SMILES string of the molecule is CCC(C)/C=C/C=C/C[C@@H]1NC(=O)[C@H]2C[C@@H](O)CNN2C(=O)COC(=O)[C@](C)(CO)NC(=O)C2C[C@H](O)CNN2C(=O)[C@H]2C[C@H](Cl)CNN2C1=O. The average Bonchev–Trinajstić information content (AvgIpc) is 3.11. The van der Waals surface area contributed by atoms with Gasteiger partial charge in [-0.3, -0.25) is 39.0 Å². The van der Waals surface area contributed by atoms with Gasteiger partial charge in [-0.15, -0.1) is 11.6 Å². The molecule has 0 aromatic rings. The van der Waals surface area contributed by atoms with Crippen LogP contribution >= 0.6 is 11.6 Å². The Morgan fingerprint density at radius 3 is 2.14 bits per heavy atom. The molecule has 4 aliphatic heterocycles. The van der Waals surface area contributed by atoms with Crippen molar-refractivity contribution in [2.75, 3.05) is 32.8 Å². The fourth-order valence-electron chi connectivity index (χ4n) is 6.01. The Hall–Kier alpha value is -3.65. The molecule has 8 N–H and O–H groups in total. The number of nitrogens with zero attached hydrogens (tertiary/aromatic N) is 3. The number of cyclic esters (lactones) is 1. The van der Waals surface area contributed by atoms with Gasteiger partial charge in [0, 0.05) is 32.5 Å². The van der Waals surface area contributed by atoms with Gasteiger partial charge in [0.2, 0.25) is 11.8 Å². The number of rotatable bonds is 6. The first kappa shape index (κ1) is 40.1. The van der Waals surface area contributed by atoms with Crippen LogP contribution in [-0.4, -0.2) is 146 Å². The minimum Gasteiger partial charge on any atom is -0.454 e. The number of amides is 5. The maximum absolute atomic E-state index is 14.3. The molecule has 5 amide bonds. The molecule has 4 heterocycles. The van der Waals surface area contributed by atoms with Crippen molar-refractivity contribution < 1.29 is 48.8 Å². The highest BCUT2D eigenvalue weighted by atomic mass is 35.5. The summed E-state index contributed by atoms with van der Waals surface area (Å²) in [6.07, 6.45) is 5.40. The molecule has 4 saturated heterocycles. The first-order valence-electron chi connectivity index (χ1n) is 17.1. The van der Waals surface area contributed by atoms with E-state index in [2.05, 4.69) is 26.9 Å². The van der Waals surface area contributed by atoms with Crippen molar-refractivity contribution in [1.82, 2.24) is 41.9 Å². The summed E-state index contributed by atoms with van der Waals surface area (Å²) in [6.45, 7) is 3.20. The van der Waals surface area contributed by atoms with Crippen molar-refractivity contribution in [3.63, 3.8) is 0 Å². The molecular weight excluding hydrogens is 692 g/mol. The molecule has 0 aromatic heterocycles. The molecule has 18 nitrogen and oxygen atoms in total. The molecule has 2 unspecified atom stereocenters. The third-order valence-electron chi connectivity index (χ3n) is 9.33.